The molecular formula is C11H23N3O2S. The Morgan fingerprint density at radius 1 is 1.24 bits per heavy atom. The zero-order chi connectivity index (χ0) is 12.3. The Morgan fingerprint density at radius 3 is 2.53 bits per heavy atom. The van der Waals surface area contributed by atoms with Gasteiger partial charge in [0.05, 0.1) is 0 Å². The van der Waals surface area contributed by atoms with Crippen molar-refractivity contribution in [2.75, 3.05) is 26.2 Å². The van der Waals surface area contributed by atoms with Crippen molar-refractivity contribution in [3.05, 3.63) is 0 Å². The first-order valence-electron chi connectivity index (χ1n) is 6.56. The maximum atomic E-state index is 12.1. The number of hydrogen-bond donors (Lipinski definition) is 2. The molecule has 0 unspecified atom stereocenters. The largest absolute Gasteiger partial charge is 0.315 e. The van der Waals surface area contributed by atoms with Crippen LogP contribution in [0.5, 0.6) is 0 Å². The molecule has 0 aromatic heterocycles. The Bertz CT molecular complexity index is 331. The minimum absolute atomic E-state index is 0.0631. The zero-order valence-electron chi connectivity index (χ0n) is 10.5. The van der Waals surface area contributed by atoms with E-state index in [2.05, 4.69) is 17.0 Å². The molecule has 0 saturated carbocycles. The van der Waals surface area contributed by atoms with E-state index in [4.69, 9.17) is 0 Å². The Kier molecular flexibility index (Phi) is 4.41. The zero-order valence-corrected chi connectivity index (χ0v) is 11.3. The molecular weight excluding hydrogens is 238 g/mol. The number of nitrogens with zero attached hydrogens (tertiary/aromatic N) is 1. The Balaban J connectivity index is 1.89. The molecule has 0 aromatic rings. The lowest BCUT2D eigenvalue weighted by molar-refractivity contribution is 0.281. The molecule has 1 atom stereocenters. The van der Waals surface area contributed by atoms with E-state index in [-0.39, 0.29) is 6.04 Å². The van der Waals surface area contributed by atoms with E-state index in [9.17, 15) is 8.42 Å². The summed E-state index contributed by atoms with van der Waals surface area (Å²) in [5.74, 6) is 0.651. The van der Waals surface area contributed by atoms with Crippen molar-refractivity contribution in [2.24, 2.45) is 5.92 Å². The van der Waals surface area contributed by atoms with Crippen LogP contribution in [0, 0.1) is 5.92 Å². The van der Waals surface area contributed by atoms with E-state index in [1.165, 1.54) is 0 Å². The van der Waals surface area contributed by atoms with Crippen LogP contribution in [0.3, 0.4) is 0 Å². The first-order chi connectivity index (χ1) is 8.08. The van der Waals surface area contributed by atoms with Crippen molar-refractivity contribution < 1.29 is 8.42 Å². The van der Waals surface area contributed by atoms with Crippen LogP contribution >= 0.6 is 0 Å². The number of rotatable bonds is 3. The van der Waals surface area contributed by atoms with E-state index in [1.54, 1.807) is 4.31 Å². The smallest absolute Gasteiger partial charge is 0.279 e. The fourth-order valence-electron chi connectivity index (χ4n) is 2.46. The summed E-state index contributed by atoms with van der Waals surface area (Å²) in [4.78, 5) is 0. The van der Waals surface area contributed by atoms with Crippen LogP contribution in [-0.4, -0.2) is 44.9 Å². The third kappa shape index (κ3) is 3.64. The van der Waals surface area contributed by atoms with Crippen molar-refractivity contribution in [2.45, 2.75) is 38.6 Å². The Labute approximate surface area is 104 Å². The molecule has 17 heavy (non-hydrogen) atoms. The van der Waals surface area contributed by atoms with Crippen LogP contribution in [0.2, 0.25) is 0 Å². The van der Waals surface area contributed by atoms with Gasteiger partial charge in [0, 0.05) is 25.7 Å². The molecule has 0 aliphatic carbocycles. The second kappa shape index (κ2) is 5.65. The fraction of sp³-hybridized carbons (Fsp3) is 1.00. The molecule has 0 bridgehead atoms. The van der Waals surface area contributed by atoms with Crippen LogP contribution in [0.1, 0.15) is 32.6 Å². The summed E-state index contributed by atoms with van der Waals surface area (Å²) >= 11 is 0. The van der Waals surface area contributed by atoms with Gasteiger partial charge in [-0.25, -0.2) is 0 Å². The maximum absolute atomic E-state index is 12.1. The first-order valence-corrected chi connectivity index (χ1v) is 8.00. The predicted molar refractivity (Wildman–Crippen MR) is 67.9 cm³/mol. The monoisotopic (exact) mass is 261 g/mol. The summed E-state index contributed by atoms with van der Waals surface area (Å²) in [6, 6.07) is 0.0631. The van der Waals surface area contributed by atoms with E-state index in [0.29, 0.717) is 19.0 Å². The molecule has 2 fully saturated rings. The minimum atomic E-state index is -3.26. The number of nitrogens with one attached hydrogen (secondary N) is 2. The molecule has 2 aliphatic rings. The molecule has 100 valence electrons. The first kappa shape index (κ1) is 13.3. The quantitative estimate of drug-likeness (QED) is 0.768. The average molecular weight is 261 g/mol. The van der Waals surface area contributed by atoms with Gasteiger partial charge in [0.25, 0.3) is 10.2 Å². The van der Waals surface area contributed by atoms with Gasteiger partial charge >= 0.3 is 0 Å². The normalized spacial score (nSPS) is 29.4. The topological polar surface area (TPSA) is 61.4 Å². The lowest BCUT2D eigenvalue weighted by atomic mass is 10.0. The van der Waals surface area contributed by atoms with Crippen molar-refractivity contribution in [3.8, 4) is 0 Å². The van der Waals surface area contributed by atoms with E-state index in [0.717, 1.165) is 38.8 Å². The molecule has 0 radical (unpaired) electrons. The van der Waals surface area contributed by atoms with Crippen LogP contribution in [0.15, 0.2) is 0 Å². The van der Waals surface area contributed by atoms with Crippen molar-refractivity contribution in [1.29, 1.82) is 0 Å². The standard InChI is InChI=1S/C11H23N3O2S/c1-10-4-7-14(8-5-10)17(15,16)13-11-3-2-6-12-9-11/h10-13H,2-9H2,1H3/t11-/m0/s1. The average Bonchev–Trinajstić information content (AvgIpc) is 2.30. The molecule has 2 heterocycles. The van der Waals surface area contributed by atoms with Crippen LogP contribution in [0.25, 0.3) is 0 Å². The molecule has 2 rings (SSSR count). The summed E-state index contributed by atoms with van der Waals surface area (Å²) < 4.78 is 28.7. The highest BCUT2D eigenvalue weighted by molar-refractivity contribution is 7.87. The molecule has 5 nitrogen and oxygen atoms in total. The summed E-state index contributed by atoms with van der Waals surface area (Å²) in [5.41, 5.74) is 0. The van der Waals surface area contributed by atoms with Crippen LogP contribution < -0.4 is 10.0 Å². The van der Waals surface area contributed by atoms with E-state index < -0.39 is 10.2 Å². The SMILES string of the molecule is CC1CCN(S(=O)(=O)N[C@H]2CCCNC2)CC1. The van der Waals surface area contributed by atoms with E-state index >= 15 is 0 Å². The predicted octanol–water partition coefficient (Wildman–Crippen LogP) is 0.305. The van der Waals surface area contributed by atoms with Crippen LogP contribution in [-0.2, 0) is 10.2 Å². The van der Waals surface area contributed by atoms with Gasteiger partial charge in [-0.05, 0) is 38.1 Å². The molecule has 0 spiro atoms. The number of hydrogen-bond acceptors (Lipinski definition) is 3. The van der Waals surface area contributed by atoms with Gasteiger partial charge in [0.15, 0.2) is 0 Å². The second-order valence-electron chi connectivity index (χ2n) is 5.25. The molecule has 0 aromatic carbocycles. The second-order valence-corrected chi connectivity index (χ2v) is 6.95. The van der Waals surface area contributed by atoms with E-state index in [1.807, 2.05) is 0 Å². The molecule has 2 N–H and O–H groups in total. The Morgan fingerprint density at radius 2 is 1.94 bits per heavy atom. The molecule has 2 aliphatic heterocycles. The lowest BCUT2D eigenvalue weighted by Gasteiger charge is -2.32. The highest BCUT2D eigenvalue weighted by Crippen LogP contribution is 2.18. The number of piperidine rings is 2. The van der Waals surface area contributed by atoms with Gasteiger partial charge in [-0.3, -0.25) is 0 Å². The maximum Gasteiger partial charge on any atom is 0.279 e. The summed E-state index contributed by atoms with van der Waals surface area (Å²) in [5, 5.41) is 3.22. The van der Waals surface area contributed by atoms with Gasteiger partial charge in [0.2, 0.25) is 0 Å². The van der Waals surface area contributed by atoms with Crippen molar-refractivity contribution in [1.82, 2.24) is 14.3 Å². The van der Waals surface area contributed by atoms with Gasteiger partial charge in [-0.1, -0.05) is 6.92 Å². The third-order valence-corrected chi connectivity index (χ3v) is 5.37. The van der Waals surface area contributed by atoms with Crippen molar-refractivity contribution >= 4 is 10.2 Å². The lowest BCUT2D eigenvalue weighted by Crippen LogP contribution is -2.52. The van der Waals surface area contributed by atoms with Gasteiger partial charge in [-0.15, -0.1) is 0 Å². The fourth-order valence-corrected chi connectivity index (χ4v) is 3.93. The highest BCUT2D eigenvalue weighted by atomic mass is 32.2. The summed E-state index contributed by atoms with van der Waals surface area (Å²) in [6.07, 6.45) is 3.94. The van der Waals surface area contributed by atoms with Gasteiger partial charge in [0.1, 0.15) is 0 Å². The summed E-state index contributed by atoms with van der Waals surface area (Å²) in [6.45, 7) is 5.26. The highest BCUT2D eigenvalue weighted by Gasteiger charge is 2.28. The Hall–Kier alpha value is -0.170. The minimum Gasteiger partial charge on any atom is -0.315 e. The third-order valence-electron chi connectivity index (χ3n) is 3.69. The van der Waals surface area contributed by atoms with Crippen LogP contribution in [0.4, 0.5) is 0 Å². The van der Waals surface area contributed by atoms with Crippen molar-refractivity contribution in [3.63, 3.8) is 0 Å². The van der Waals surface area contributed by atoms with Gasteiger partial charge < -0.3 is 5.32 Å². The van der Waals surface area contributed by atoms with Gasteiger partial charge in [-0.2, -0.15) is 17.4 Å². The summed E-state index contributed by atoms with van der Waals surface area (Å²) in [7, 11) is -3.26. The molecule has 0 amide bonds. The molecule has 6 heteroatoms. The molecule has 2 saturated heterocycles.